The highest BCUT2D eigenvalue weighted by Crippen LogP contribution is 2.29. The average Bonchev–Trinajstić information content (AvgIpc) is 2.89. The van der Waals surface area contributed by atoms with Crippen LogP contribution < -0.4 is 10.5 Å². The van der Waals surface area contributed by atoms with Gasteiger partial charge in [0.25, 0.3) is 0 Å². The highest BCUT2D eigenvalue weighted by molar-refractivity contribution is 7.14. The molecule has 2 aromatic carbocycles. The Morgan fingerprint density at radius 1 is 0.850 bits per heavy atom. The lowest BCUT2D eigenvalue weighted by molar-refractivity contribution is 0.483. The van der Waals surface area contributed by atoms with Gasteiger partial charge in [-0.25, -0.2) is 0 Å². The molecule has 20 heavy (non-hydrogen) atoms. The largest absolute Gasteiger partial charge is 0.457 e. The number of hydrogen-bond acceptors (Lipinski definition) is 3. The first kappa shape index (κ1) is 13.0. The molecule has 0 spiro atoms. The molecule has 2 nitrogen and oxygen atoms in total. The molecule has 0 radical (unpaired) electrons. The van der Waals surface area contributed by atoms with Gasteiger partial charge in [-0.2, -0.15) is 0 Å². The second-order valence-electron chi connectivity index (χ2n) is 4.32. The SMILES string of the molecule is Nc1cc(-c2ccc(Oc3ccc(Cl)cc3)cc2)cs1. The Balaban J connectivity index is 1.77. The summed E-state index contributed by atoms with van der Waals surface area (Å²) in [6.07, 6.45) is 0. The highest BCUT2D eigenvalue weighted by atomic mass is 35.5. The molecule has 1 heterocycles. The van der Waals surface area contributed by atoms with Crippen molar-refractivity contribution in [2.24, 2.45) is 0 Å². The van der Waals surface area contributed by atoms with Crippen LogP contribution in [0.4, 0.5) is 5.00 Å². The van der Waals surface area contributed by atoms with Gasteiger partial charge in [0, 0.05) is 10.4 Å². The number of ether oxygens (including phenoxy) is 1. The molecule has 100 valence electrons. The van der Waals surface area contributed by atoms with Crippen LogP contribution in [-0.2, 0) is 0 Å². The molecular formula is C16H12ClNOS. The van der Waals surface area contributed by atoms with Crippen molar-refractivity contribution in [2.75, 3.05) is 5.73 Å². The maximum absolute atomic E-state index is 5.84. The van der Waals surface area contributed by atoms with Gasteiger partial charge in [-0.3, -0.25) is 0 Å². The predicted octanol–water partition coefficient (Wildman–Crippen LogP) is 5.44. The number of anilines is 1. The van der Waals surface area contributed by atoms with Crippen LogP contribution in [0, 0.1) is 0 Å². The van der Waals surface area contributed by atoms with Crippen LogP contribution in [0.2, 0.25) is 5.02 Å². The van der Waals surface area contributed by atoms with E-state index in [4.69, 9.17) is 22.1 Å². The molecule has 0 saturated heterocycles. The van der Waals surface area contributed by atoms with Crippen LogP contribution >= 0.6 is 22.9 Å². The zero-order valence-corrected chi connectivity index (χ0v) is 12.1. The number of thiophene rings is 1. The monoisotopic (exact) mass is 301 g/mol. The molecule has 4 heteroatoms. The molecule has 0 aliphatic heterocycles. The summed E-state index contributed by atoms with van der Waals surface area (Å²) in [6, 6.07) is 17.2. The van der Waals surface area contributed by atoms with Gasteiger partial charge in [-0.1, -0.05) is 23.7 Å². The van der Waals surface area contributed by atoms with E-state index in [1.54, 1.807) is 23.5 Å². The lowest BCUT2D eigenvalue weighted by atomic mass is 10.1. The number of nitrogens with two attached hydrogens (primary N) is 1. The quantitative estimate of drug-likeness (QED) is 0.699. The normalized spacial score (nSPS) is 10.4. The topological polar surface area (TPSA) is 35.2 Å². The summed E-state index contributed by atoms with van der Waals surface area (Å²) >= 11 is 7.38. The van der Waals surface area contributed by atoms with Crippen molar-refractivity contribution >= 4 is 27.9 Å². The molecule has 0 atom stereocenters. The Labute approximate surface area is 126 Å². The van der Waals surface area contributed by atoms with Gasteiger partial charge >= 0.3 is 0 Å². The van der Waals surface area contributed by atoms with Crippen molar-refractivity contribution in [1.82, 2.24) is 0 Å². The molecule has 0 saturated carbocycles. The van der Waals surface area contributed by atoms with Crippen molar-refractivity contribution < 1.29 is 4.74 Å². The van der Waals surface area contributed by atoms with E-state index in [-0.39, 0.29) is 0 Å². The minimum Gasteiger partial charge on any atom is -0.457 e. The predicted molar refractivity (Wildman–Crippen MR) is 85.7 cm³/mol. The van der Waals surface area contributed by atoms with Gasteiger partial charge in [0.1, 0.15) is 11.5 Å². The van der Waals surface area contributed by atoms with E-state index in [1.165, 1.54) is 0 Å². The molecule has 0 aliphatic rings. The zero-order valence-electron chi connectivity index (χ0n) is 10.5. The highest BCUT2D eigenvalue weighted by Gasteiger charge is 2.02. The number of benzene rings is 2. The first-order valence-electron chi connectivity index (χ1n) is 6.08. The van der Waals surface area contributed by atoms with Crippen LogP contribution in [0.1, 0.15) is 0 Å². The smallest absolute Gasteiger partial charge is 0.127 e. The van der Waals surface area contributed by atoms with Crippen molar-refractivity contribution in [3.8, 4) is 22.6 Å². The molecule has 1 aromatic heterocycles. The van der Waals surface area contributed by atoms with Crippen LogP contribution in [0.25, 0.3) is 11.1 Å². The molecule has 0 unspecified atom stereocenters. The van der Waals surface area contributed by atoms with E-state index in [9.17, 15) is 0 Å². The maximum atomic E-state index is 5.84. The summed E-state index contributed by atoms with van der Waals surface area (Å²) in [6.45, 7) is 0. The Bertz CT molecular complexity index is 704. The standard InChI is InChI=1S/C16H12ClNOS/c17-13-3-7-15(8-4-13)19-14-5-1-11(2-6-14)12-9-16(18)20-10-12/h1-10H,18H2. The Kier molecular flexibility index (Phi) is 3.63. The lowest BCUT2D eigenvalue weighted by Crippen LogP contribution is -1.84. The van der Waals surface area contributed by atoms with Gasteiger partial charge in [0.05, 0.1) is 5.00 Å². The first-order valence-corrected chi connectivity index (χ1v) is 7.34. The molecular weight excluding hydrogens is 290 g/mol. The molecule has 0 amide bonds. The first-order chi connectivity index (χ1) is 9.70. The zero-order chi connectivity index (χ0) is 13.9. The van der Waals surface area contributed by atoms with Crippen molar-refractivity contribution in [3.63, 3.8) is 0 Å². The van der Waals surface area contributed by atoms with Crippen LogP contribution in [0.3, 0.4) is 0 Å². The molecule has 0 aliphatic carbocycles. The van der Waals surface area contributed by atoms with Crippen molar-refractivity contribution in [2.45, 2.75) is 0 Å². The molecule has 3 aromatic rings. The fraction of sp³-hybridized carbons (Fsp3) is 0. The summed E-state index contributed by atoms with van der Waals surface area (Å²) in [4.78, 5) is 0. The van der Waals surface area contributed by atoms with E-state index in [0.29, 0.717) is 5.02 Å². The third kappa shape index (κ3) is 2.95. The maximum Gasteiger partial charge on any atom is 0.127 e. The number of rotatable bonds is 3. The second-order valence-corrected chi connectivity index (χ2v) is 5.70. The van der Waals surface area contributed by atoms with Crippen LogP contribution in [0.15, 0.2) is 60.0 Å². The van der Waals surface area contributed by atoms with Crippen LogP contribution in [-0.4, -0.2) is 0 Å². The third-order valence-electron chi connectivity index (χ3n) is 2.86. The van der Waals surface area contributed by atoms with Crippen LogP contribution in [0.5, 0.6) is 11.5 Å². The van der Waals surface area contributed by atoms with E-state index in [1.807, 2.05) is 47.8 Å². The fourth-order valence-corrected chi connectivity index (χ4v) is 2.65. The fourth-order valence-electron chi connectivity index (χ4n) is 1.86. The molecule has 0 fully saturated rings. The summed E-state index contributed by atoms with van der Waals surface area (Å²) in [5, 5.41) is 3.56. The van der Waals surface area contributed by atoms with E-state index in [2.05, 4.69) is 0 Å². The van der Waals surface area contributed by atoms with Gasteiger partial charge in [-0.15, -0.1) is 11.3 Å². The summed E-state index contributed by atoms with van der Waals surface area (Å²) < 4.78 is 5.75. The number of nitrogen functional groups attached to an aromatic ring is 1. The molecule has 0 bridgehead atoms. The Hall–Kier alpha value is -1.97. The Morgan fingerprint density at radius 3 is 2.00 bits per heavy atom. The van der Waals surface area contributed by atoms with Gasteiger partial charge in [0.2, 0.25) is 0 Å². The molecule has 3 rings (SSSR count). The Morgan fingerprint density at radius 2 is 1.45 bits per heavy atom. The van der Waals surface area contributed by atoms with E-state index < -0.39 is 0 Å². The number of halogens is 1. The minimum atomic E-state index is 0.697. The minimum absolute atomic E-state index is 0.697. The van der Waals surface area contributed by atoms with Crippen molar-refractivity contribution in [3.05, 3.63) is 65.0 Å². The summed E-state index contributed by atoms with van der Waals surface area (Å²) in [7, 11) is 0. The second kappa shape index (κ2) is 5.57. The average molecular weight is 302 g/mol. The lowest BCUT2D eigenvalue weighted by Gasteiger charge is -2.06. The summed E-state index contributed by atoms with van der Waals surface area (Å²) in [5.41, 5.74) is 8.00. The van der Waals surface area contributed by atoms with E-state index >= 15 is 0 Å². The van der Waals surface area contributed by atoms with E-state index in [0.717, 1.165) is 27.6 Å². The molecule has 2 N–H and O–H groups in total. The third-order valence-corrected chi connectivity index (χ3v) is 3.87. The van der Waals surface area contributed by atoms with Gasteiger partial charge in [-0.05, 0) is 53.6 Å². The van der Waals surface area contributed by atoms with Crippen molar-refractivity contribution in [1.29, 1.82) is 0 Å². The summed E-state index contributed by atoms with van der Waals surface area (Å²) in [5.74, 6) is 1.56. The number of hydrogen-bond donors (Lipinski definition) is 1. The van der Waals surface area contributed by atoms with Gasteiger partial charge in [0.15, 0.2) is 0 Å². The van der Waals surface area contributed by atoms with Gasteiger partial charge < -0.3 is 10.5 Å².